The van der Waals surface area contributed by atoms with Crippen LogP contribution in [-0.2, 0) is 0 Å². The molecule has 0 bridgehead atoms. The number of hydrogen-bond donors (Lipinski definition) is 2. The molecule has 1 aromatic rings. The molecule has 1 aromatic carbocycles. The van der Waals surface area contributed by atoms with E-state index < -0.39 is 0 Å². The SMILES string of the molecule is O=C(NCCCOc1ccccc1)N1CCNCC1. The van der Waals surface area contributed by atoms with E-state index in [0.717, 1.165) is 38.3 Å². The van der Waals surface area contributed by atoms with Gasteiger partial charge in [-0.15, -0.1) is 0 Å². The van der Waals surface area contributed by atoms with Crippen LogP contribution in [0, 0.1) is 0 Å². The fraction of sp³-hybridized carbons (Fsp3) is 0.500. The number of carbonyl (C=O) groups is 1. The predicted molar refractivity (Wildman–Crippen MR) is 74.4 cm³/mol. The van der Waals surface area contributed by atoms with Crippen LogP contribution < -0.4 is 15.4 Å². The normalized spacial score (nSPS) is 15.1. The molecule has 1 saturated heterocycles. The van der Waals surface area contributed by atoms with E-state index >= 15 is 0 Å². The van der Waals surface area contributed by atoms with E-state index in [1.54, 1.807) is 0 Å². The van der Waals surface area contributed by atoms with Gasteiger partial charge in [0.25, 0.3) is 0 Å². The Morgan fingerprint density at radius 2 is 2.00 bits per heavy atom. The average molecular weight is 263 g/mol. The highest BCUT2D eigenvalue weighted by Gasteiger charge is 2.14. The smallest absolute Gasteiger partial charge is 0.317 e. The van der Waals surface area contributed by atoms with E-state index in [2.05, 4.69) is 10.6 Å². The largest absolute Gasteiger partial charge is 0.494 e. The van der Waals surface area contributed by atoms with Gasteiger partial charge in [0.2, 0.25) is 0 Å². The van der Waals surface area contributed by atoms with E-state index in [-0.39, 0.29) is 6.03 Å². The number of nitrogens with one attached hydrogen (secondary N) is 2. The zero-order valence-electron chi connectivity index (χ0n) is 11.1. The fourth-order valence-corrected chi connectivity index (χ4v) is 1.95. The molecule has 0 aliphatic carbocycles. The number of amides is 2. The van der Waals surface area contributed by atoms with E-state index in [1.165, 1.54) is 0 Å². The predicted octanol–water partition coefficient (Wildman–Crippen LogP) is 1.07. The number of hydrogen-bond acceptors (Lipinski definition) is 3. The van der Waals surface area contributed by atoms with Gasteiger partial charge in [-0.3, -0.25) is 0 Å². The first-order chi connectivity index (χ1) is 9.36. The van der Waals surface area contributed by atoms with Crippen molar-refractivity contribution in [2.75, 3.05) is 39.3 Å². The number of para-hydroxylation sites is 1. The van der Waals surface area contributed by atoms with Crippen LogP contribution in [-0.4, -0.2) is 50.3 Å². The Kier molecular flexibility index (Phi) is 5.49. The summed E-state index contributed by atoms with van der Waals surface area (Å²) in [5, 5.41) is 6.14. The van der Waals surface area contributed by atoms with Gasteiger partial charge in [0.05, 0.1) is 6.61 Å². The standard InChI is InChI=1S/C14H21N3O2/c18-14(17-10-8-15-9-11-17)16-7-4-12-19-13-5-2-1-3-6-13/h1-3,5-6,15H,4,7-12H2,(H,16,18). The van der Waals surface area contributed by atoms with Crippen molar-refractivity contribution in [1.82, 2.24) is 15.5 Å². The molecule has 5 heteroatoms. The second-order valence-electron chi connectivity index (χ2n) is 4.48. The molecular formula is C14H21N3O2. The number of benzene rings is 1. The lowest BCUT2D eigenvalue weighted by Gasteiger charge is -2.27. The molecule has 1 aliphatic rings. The van der Waals surface area contributed by atoms with Crippen molar-refractivity contribution in [3.63, 3.8) is 0 Å². The van der Waals surface area contributed by atoms with Crippen LogP contribution in [0.1, 0.15) is 6.42 Å². The lowest BCUT2D eigenvalue weighted by atomic mass is 10.3. The first kappa shape index (κ1) is 13.7. The van der Waals surface area contributed by atoms with Crippen molar-refractivity contribution >= 4 is 6.03 Å². The van der Waals surface area contributed by atoms with Crippen molar-refractivity contribution < 1.29 is 9.53 Å². The van der Waals surface area contributed by atoms with Crippen LogP contribution in [0.15, 0.2) is 30.3 Å². The second-order valence-corrected chi connectivity index (χ2v) is 4.48. The van der Waals surface area contributed by atoms with Crippen molar-refractivity contribution in [2.24, 2.45) is 0 Å². The summed E-state index contributed by atoms with van der Waals surface area (Å²) in [6.45, 7) is 4.59. The van der Waals surface area contributed by atoms with E-state index in [0.29, 0.717) is 13.2 Å². The molecule has 19 heavy (non-hydrogen) atoms. The Balaban J connectivity index is 1.55. The maximum absolute atomic E-state index is 11.8. The van der Waals surface area contributed by atoms with Crippen molar-refractivity contribution in [2.45, 2.75) is 6.42 Å². The maximum atomic E-state index is 11.8. The summed E-state index contributed by atoms with van der Waals surface area (Å²) >= 11 is 0. The second kappa shape index (κ2) is 7.63. The summed E-state index contributed by atoms with van der Waals surface area (Å²) in [6, 6.07) is 9.74. The number of nitrogens with zero attached hydrogens (tertiary/aromatic N) is 1. The molecule has 1 aliphatic heterocycles. The molecule has 2 N–H and O–H groups in total. The van der Waals surface area contributed by atoms with Gasteiger partial charge in [-0.25, -0.2) is 4.79 Å². The highest BCUT2D eigenvalue weighted by atomic mass is 16.5. The topological polar surface area (TPSA) is 53.6 Å². The quantitative estimate of drug-likeness (QED) is 0.781. The van der Waals surface area contributed by atoms with Crippen LogP contribution in [0.25, 0.3) is 0 Å². The minimum atomic E-state index is 0.0289. The van der Waals surface area contributed by atoms with Gasteiger partial charge < -0.3 is 20.3 Å². The van der Waals surface area contributed by atoms with Crippen molar-refractivity contribution in [3.8, 4) is 5.75 Å². The van der Waals surface area contributed by atoms with E-state index in [4.69, 9.17) is 4.74 Å². The Morgan fingerprint density at radius 1 is 1.26 bits per heavy atom. The fourth-order valence-electron chi connectivity index (χ4n) is 1.95. The van der Waals surface area contributed by atoms with Gasteiger partial charge in [-0.2, -0.15) is 0 Å². The molecule has 0 unspecified atom stereocenters. The summed E-state index contributed by atoms with van der Waals surface area (Å²) in [5.74, 6) is 0.871. The maximum Gasteiger partial charge on any atom is 0.317 e. The summed E-state index contributed by atoms with van der Waals surface area (Å²) < 4.78 is 5.56. The van der Waals surface area contributed by atoms with Gasteiger partial charge >= 0.3 is 6.03 Å². The van der Waals surface area contributed by atoms with Crippen LogP contribution in [0.5, 0.6) is 5.75 Å². The lowest BCUT2D eigenvalue weighted by Crippen LogP contribution is -2.50. The molecule has 2 rings (SSSR count). The van der Waals surface area contributed by atoms with Crippen molar-refractivity contribution in [3.05, 3.63) is 30.3 Å². The van der Waals surface area contributed by atoms with Crippen molar-refractivity contribution in [1.29, 1.82) is 0 Å². The molecule has 0 radical (unpaired) electrons. The highest BCUT2D eigenvalue weighted by molar-refractivity contribution is 5.74. The molecule has 0 aromatic heterocycles. The number of rotatable bonds is 5. The van der Waals surface area contributed by atoms with Gasteiger partial charge in [0.1, 0.15) is 5.75 Å². The average Bonchev–Trinajstić information content (AvgIpc) is 2.49. The Bertz CT molecular complexity index is 378. The Labute approximate surface area is 113 Å². The zero-order valence-corrected chi connectivity index (χ0v) is 11.1. The molecule has 104 valence electrons. The molecule has 1 heterocycles. The Morgan fingerprint density at radius 3 is 2.74 bits per heavy atom. The number of ether oxygens (including phenoxy) is 1. The summed E-state index contributed by atoms with van der Waals surface area (Å²) in [6.07, 6.45) is 0.812. The number of piperazine rings is 1. The first-order valence-electron chi connectivity index (χ1n) is 6.77. The number of urea groups is 1. The van der Waals surface area contributed by atoms with Gasteiger partial charge in [0.15, 0.2) is 0 Å². The van der Waals surface area contributed by atoms with E-state index in [1.807, 2.05) is 35.2 Å². The van der Waals surface area contributed by atoms with Crippen LogP contribution in [0.3, 0.4) is 0 Å². The minimum absolute atomic E-state index is 0.0289. The van der Waals surface area contributed by atoms with E-state index in [9.17, 15) is 4.79 Å². The zero-order chi connectivity index (χ0) is 13.3. The summed E-state index contributed by atoms with van der Waals surface area (Å²) in [5.41, 5.74) is 0. The molecule has 0 spiro atoms. The van der Waals surface area contributed by atoms with Crippen LogP contribution >= 0.6 is 0 Å². The molecular weight excluding hydrogens is 242 g/mol. The third-order valence-corrected chi connectivity index (χ3v) is 3.01. The third-order valence-electron chi connectivity index (χ3n) is 3.01. The monoisotopic (exact) mass is 263 g/mol. The van der Waals surface area contributed by atoms with Crippen LogP contribution in [0.4, 0.5) is 4.79 Å². The molecule has 1 fully saturated rings. The molecule has 0 saturated carbocycles. The molecule has 2 amide bonds. The van der Waals surface area contributed by atoms with Gasteiger partial charge in [-0.1, -0.05) is 18.2 Å². The van der Waals surface area contributed by atoms with Gasteiger partial charge in [0, 0.05) is 32.7 Å². The van der Waals surface area contributed by atoms with Gasteiger partial charge in [-0.05, 0) is 18.6 Å². The molecule has 5 nitrogen and oxygen atoms in total. The third kappa shape index (κ3) is 4.79. The number of carbonyl (C=O) groups excluding carboxylic acids is 1. The first-order valence-corrected chi connectivity index (χ1v) is 6.77. The Hall–Kier alpha value is -1.75. The highest BCUT2D eigenvalue weighted by Crippen LogP contribution is 2.08. The lowest BCUT2D eigenvalue weighted by molar-refractivity contribution is 0.189. The molecule has 0 atom stereocenters. The summed E-state index contributed by atoms with van der Waals surface area (Å²) in [4.78, 5) is 13.6. The van der Waals surface area contributed by atoms with Crippen LogP contribution in [0.2, 0.25) is 0 Å². The summed E-state index contributed by atoms with van der Waals surface area (Å²) in [7, 11) is 0. The minimum Gasteiger partial charge on any atom is -0.494 e.